The molecule has 0 bridgehead atoms. The zero-order chi connectivity index (χ0) is 13.7. The molecular weight excluding hydrogens is 307 g/mol. The van der Waals surface area contributed by atoms with Gasteiger partial charge in [-0.1, -0.05) is 28.9 Å². The summed E-state index contributed by atoms with van der Waals surface area (Å²) < 4.78 is 14.4. The smallest absolute Gasteiger partial charge is 0.128 e. The molecule has 1 saturated heterocycles. The van der Waals surface area contributed by atoms with Gasteiger partial charge in [-0.3, -0.25) is 0 Å². The lowest BCUT2D eigenvalue weighted by Gasteiger charge is -2.31. The number of hydrogen-bond acceptors (Lipinski definition) is 2. The molecule has 1 aromatic carbocycles. The van der Waals surface area contributed by atoms with Crippen LogP contribution in [0.1, 0.15) is 25.3 Å². The SMILES string of the molecule is CCN1CCC(CNCc2ccc(Br)cc2F)CC1. The van der Waals surface area contributed by atoms with Gasteiger partial charge in [0.05, 0.1) is 0 Å². The molecule has 0 aromatic heterocycles. The number of halogens is 2. The van der Waals surface area contributed by atoms with Crippen LogP contribution in [0, 0.1) is 11.7 Å². The lowest BCUT2D eigenvalue weighted by molar-refractivity contribution is 0.190. The van der Waals surface area contributed by atoms with Crippen molar-refractivity contribution in [3.05, 3.63) is 34.1 Å². The van der Waals surface area contributed by atoms with Gasteiger partial charge in [0.1, 0.15) is 5.82 Å². The van der Waals surface area contributed by atoms with Crippen molar-refractivity contribution in [2.75, 3.05) is 26.2 Å². The van der Waals surface area contributed by atoms with Gasteiger partial charge in [-0.05, 0) is 57.1 Å². The molecule has 1 aliphatic rings. The first-order valence-electron chi connectivity index (χ1n) is 7.06. The molecule has 1 N–H and O–H groups in total. The van der Waals surface area contributed by atoms with Crippen LogP contribution in [-0.4, -0.2) is 31.1 Å². The van der Waals surface area contributed by atoms with E-state index in [2.05, 4.69) is 33.1 Å². The standard InChI is InChI=1S/C15H22BrFN2/c1-2-19-7-5-12(6-8-19)10-18-11-13-3-4-14(16)9-15(13)17/h3-4,9,12,18H,2,5-8,10-11H2,1H3. The average Bonchev–Trinajstić information content (AvgIpc) is 2.42. The molecular formula is C15H22BrFN2. The third-order valence-electron chi connectivity index (χ3n) is 3.92. The first-order valence-corrected chi connectivity index (χ1v) is 7.85. The first kappa shape index (κ1) is 14.9. The van der Waals surface area contributed by atoms with Crippen molar-refractivity contribution in [3.8, 4) is 0 Å². The molecule has 19 heavy (non-hydrogen) atoms. The molecule has 0 aliphatic carbocycles. The summed E-state index contributed by atoms with van der Waals surface area (Å²) in [6, 6.07) is 5.25. The molecule has 0 amide bonds. The molecule has 2 rings (SSSR count). The molecule has 106 valence electrons. The molecule has 1 aliphatic heterocycles. The molecule has 2 nitrogen and oxygen atoms in total. The molecule has 0 atom stereocenters. The summed E-state index contributed by atoms with van der Waals surface area (Å²) in [5, 5.41) is 3.39. The van der Waals surface area contributed by atoms with E-state index in [1.165, 1.54) is 32.0 Å². The van der Waals surface area contributed by atoms with Crippen LogP contribution in [0.3, 0.4) is 0 Å². The maximum atomic E-state index is 13.6. The summed E-state index contributed by atoms with van der Waals surface area (Å²) in [5.74, 6) is 0.601. The normalized spacial score (nSPS) is 17.8. The lowest BCUT2D eigenvalue weighted by Crippen LogP contribution is -2.37. The number of benzene rings is 1. The minimum Gasteiger partial charge on any atom is -0.312 e. The highest BCUT2D eigenvalue weighted by Crippen LogP contribution is 2.17. The Morgan fingerprint density at radius 3 is 2.74 bits per heavy atom. The Balaban J connectivity index is 1.72. The Bertz CT molecular complexity index is 403. The van der Waals surface area contributed by atoms with E-state index in [0.717, 1.165) is 29.0 Å². The minimum atomic E-state index is -0.136. The van der Waals surface area contributed by atoms with E-state index in [4.69, 9.17) is 0 Å². The maximum Gasteiger partial charge on any atom is 0.128 e. The Labute approximate surface area is 123 Å². The minimum absolute atomic E-state index is 0.136. The summed E-state index contributed by atoms with van der Waals surface area (Å²) in [4.78, 5) is 2.49. The number of nitrogens with zero attached hydrogens (tertiary/aromatic N) is 1. The predicted octanol–water partition coefficient (Wildman–Crippen LogP) is 3.41. The van der Waals surface area contributed by atoms with Gasteiger partial charge in [0.2, 0.25) is 0 Å². The fourth-order valence-corrected chi connectivity index (χ4v) is 2.92. The van der Waals surface area contributed by atoms with E-state index < -0.39 is 0 Å². The quantitative estimate of drug-likeness (QED) is 0.891. The number of rotatable bonds is 5. The fraction of sp³-hybridized carbons (Fsp3) is 0.600. The van der Waals surface area contributed by atoms with Crippen molar-refractivity contribution in [1.29, 1.82) is 0 Å². The summed E-state index contributed by atoms with van der Waals surface area (Å²) in [6.07, 6.45) is 2.51. The highest BCUT2D eigenvalue weighted by atomic mass is 79.9. The molecule has 1 fully saturated rings. The molecule has 0 unspecified atom stereocenters. The van der Waals surface area contributed by atoms with Gasteiger partial charge in [-0.15, -0.1) is 0 Å². The Hall–Kier alpha value is -0.450. The van der Waals surface area contributed by atoms with E-state index in [9.17, 15) is 4.39 Å². The second kappa shape index (κ2) is 7.36. The van der Waals surface area contributed by atoms with Gasteiger partial charge >= 0.3 is 0 Å². The summed E-state index contributed by atoms with van der Waals surface area (Å²) in [5.41, 5.74) is 0.745. The van der Waals surface area contributed by atoms with Crippen molar-refractivity contribution in [2.24, 2.45) is 5.92 Å². The Kier molecular flexibility index (Phi) is 5.79. The zero-order valence-electron chi connectivity index (χ0n) is 11.5. The van der Waals surface area contributed by atoms with E-state index in [1.54, 1.807) is 0 Å². The number of likely N-dealkylation sites (tertiary alicyclic amines) is 1. The van der Waals surface area contributed by atoms with Gasteiger partial charge in [-0.2, -0.15) is 0 Å². The average molecular weight is 329 g/mol. The van der Waals surface area contributed by atoms with Crippen molar-refractivity contribution in [2.45, 2.75) is 26.3 Å². The van der Waals surface area contributed by atoms with Gasteiger partial charge in [0.25, 0.3) is 0 Å². The summed E-state index contributed by atoms with van der Waals surface area (Å²) in [7, 11) is 0. The zero-order valence-corrected chi connectivity index (χ0v) is 13.0. The molecule has 1 aromatic rings. The predicted molar refractivity (Wildman–Crippen MR) is 80.6 cm³/mol. The number of hydrogen-bond donors (Lipinski definition) is 1. The topological polar surface area (TPSA) is 15.3 Å². The lowest BCUT2D eigenvalue weighted by atomic mass is 9.97. The molecule has 0 saturated carbocycles. The third kappa shape index (κ3) is 4.55. The van der Waals surface area contributed by atoms with Crippen molar-refractivity contribution in [3.63, 3.8) is 0 Å². The summed E-state index contributed by atoms with van der Waals surface area (Å²) >= 11 is 3.27. The monoisotopic (exact) mass is 328 g/mol. The van der Waals surface area contributed by atoms with Gasteiger partial charge in [0, 0.05) is 16.6 Å². The van der Waals surface area contributed by atoms with Crippen LogP contribution < -0.4 is 5.32 Å². The second-order valence-corrected chi connectivity index (χ2v) is 6.16. The third-order valence-corrected chi connectivity index (χ3v) is 4.41. The highest BCUT2D eigenvalue weighted by molar-refractivity contribution is 9.10. The van der Waals surface area contributed by atoms with Gasteiger partial charge < -0.3 is 10.2 Å². The molecule has 0 spiro atoms. The van der Waals surface area contributed by atoms with Crippen molar-refractivity contribution < 1.29 is 4.39 Å². The highest BCUT2D eigenvalue weighted by Gasteiger charge is 2.17. The summed E-state index contributed by atoms with van der Waals surface area (Å²) in [6.45, 7) is 7.39. The molecule has 0 radical (unpaired) electrons. The van der Waals surface area contributed by atoms with Crippen LogP contribution in [-0.2, 0) is 6.54 Å². The van der Waals surface area contributed by atoms with Gasteiger partial charge in [0.15, 0.2) is 0 Å². The van der Waals surface area contributed by atoms with Crippen molar-refractivity contribution >= 4 is 15.9 Å². The molecule has 1 heterocycles. The van der Waals surface area contributed by atoms with Crippen LogP contribution in [0.4, 0.5) is 4.39 Å². The van der Waals surface area contributed by atoms with E-state index >= 15 is 0 Å². The molecule has 4 heteroatoms. The van der Waals surface area contributed by atoms with Crippen LogP contribution in [0.5, 0.6) is 0 Å². The first-order chi connectivity index (χ1) is 9.19. The Morgan fingerprint density at radius 1 is 1.37 bits per heavy atom. The van der Waals surface area contributed by atoms with E-state index in [-0.39, 0.29) is 5.82 Å². The number of piperidine rings is 1. The van der Waals surface area contributed by atoms with E-state index in [0.29, 0.717) is 6.54 Å². The van der Waals surface area contributed by atoms with Crippen LogP contribution in [0.25, 0.3) is 0 Å². The number of nitrogens with one attached hydrogen (secondary N) is 1. The maximum absolute atomic E-state index is 13.6. The second-order valence-electron chi connectivity index (χ2n) is 5.24. The Morgan fingerprint density at radius 2 is 2.11 bits per heavy atom. The van der Waals surface area contributed by atoms with Crippen LogP contribution in [0.15, 0.2) is 22.7 Å². The van der Waals surface area contributed by atoms with Crippen LogP contribution in [0.2, 0.25) is 0 Å². The van der Waals surface area contributed by atoms with Crippen molar-refractivity contribution in [1.82, 2.24) is 10.2 Å². The van der Waals surface area contributed by atoms with Gasteiger partial charge in [-0.25, -0.2) is 4.39 Å². The van der Waals surface area contributed by atoms with E-state index in [1.807, 2.05) is 12.1 Å². The van der Waals surface area contributed by atoms with Crippen LogP contribution >= 0.6 is 15.9 Å². The fourth-order valence-electron chi connectivity index (χ4n) is 2.58. The largest absolute Gasteiger partial charge is 0.312 e.